The van der Waals surface area contributed by atoms with E-state index in [1.807, 2.05) is 0 Å². The number of esters is 1. The van der Waals surface area contributed by atoms with Crippen molar-refractivity contribution in [2.75, 3.05) is 4.93 Å². The Labute approximate surface area is 102 Å². The molecule has 3 fully saturated rings. The molecule has 2 nitrogen and oxygen atoms in total. The Bertz CT molecular complexity index is 281. The summed E-state index contributed by atoms with van der Waals surface area (Å²) < 4.78 is 6.19. The number of ether oxygens (including phenoxy) is 1. The molecule has 2 bridgehead atoms. The van der Waals surface area contributed by atoms with E-state index < -0.39 is 0 Å². The molecule has 0 amide bonds. The first kappa shape index (κ1) is 9.18. The molecule has 1 saturated heterocycles. The van der Waals surface area contributed by atoms with Crippen LogP contribution < -0.4 is 21.2 Å². The Morgan fingerprint density at radius 1 is 1.69 bits per heavy atom. The number of carbonyl (C=O) groups excluding carboxylic acids is 1. The Hall–Kier alpha value is 0.930. The molecular weight excluding hydrogens is 394 g/mol. The van der Waals surface area contributed by atoms with E-state index >= 15 is 0 Å². The van der Waals surface area contributed by atoms with E-state index in [-0.39, 0.29) is 30.6 Å². The zero-order chi connectivity index (χ0) is 9.22. The predicted molar refractivity (Wildman–Crippen MR) is 52.6 cm³/mol. The van der Waals surface area contributed by atoms with Gasteiger partial charge < -0.3 is 0 Å². The maximum atomic E-state index is 11.7. The molecular formula is C9H11I2O2-. The average Bonchev–Trinajstić information content (AvgIpc) is 2.62. The van der Waals surface area contributed by atoms with Crippen LogP contribution in [0.3, 0.4) is 0 Å². The first-order valence-corrected chi connectivity index (χ1v) is 9.03. The second-order valence-corrected chi connectivity index (χ2v) is 8.81. The van der Waals surface area contributed by atoms with Crippen LogP contribution in [0, 0.1) is 11.8 Å². The third-order valence-electron chi connectivity index (χ3n) is 3.70. The zero-order valence-corrected chi connectivity index (χ0v) is 11.6. The molecule has 3 aliphatic rings. The van der Waals surface area contributed by atoms with Gasteiger partial charge in [0, 0.05) is 0 Å². The summed E-state index contributed by atoms with van der Waals surface area (Å²) in [7, 11) is 0. The van der Waals surface area contributed by atoms with Crippen molar-refractivity contribution in [1.29, 1.82) is 0 Å². The van der Waals surface area contributed by atoms with Gasteiger partial charge in [0.05, 0.1) is 0 Å². The fraction of sp³-hybridized carbons (Fsp3) is 0.889. The van der Waals surface area contributed by atoms with Gasteiger partial charge in [-0.3, -0.25) is 0 Å². The molecule has 0 radical (unpaired) electrons. The van der Waals surface area contributed by atoms with E-state index in [0.29, 0.717) is 12.0 Å². The Morgan fingerprint density at radius 3 is 3.15 bits per heavy atom. The summed E-state index contributed by atoms with van der Waals surface area (Å²) in [5, 5.41) is 0. The summed E-state index contributed by atoms with van der Waals surface area (Å²) in [5.41, 5.74) is 0. The van der Waals surface area contributed by atoms with Crippen LogP contribution in [0.4, 0.5) is 0 Å². The van der Waals surface area contributed by atoms with Gasteiger partial charge in [-0.2, -0.15) is 0 Å². The topological polar surface area (TPSA) is 26.3 Å². The minimum atomic E-state index is -0.109. The van der Waals surface area contributed by atoms with Gasteiger partial charge in [-0.05, 0) is 0 Å². The van der Waals surface area contributed by atoms with E-state index in [9.17, 15) is 4.79 Å². The van der Waals surface area contributed by atoms with Gasteiger partial charge in [0.1, 0.15) is 0 Å². The van der Waals surface area contributed by atoms with Crippen LogP contribution in [0.15, 0.2) is 0 Å². The molecule has 5 atom stereocenters. The summed E-state index contributed by atoms with van der Waals surface area (Å²) in [4.78, 5) is 14.0. The second kappa shape index (κ2) is 2.74. The predicted octanol–water partition coefficient (Wildman–Crippen LogP) is -1.79. The van der Waals surface area contributed by atoms with Gasteiger partial charge in [-0.15, -0.1) is 0 Å². The van der Waals surface area contributed by atoms with E-state index in [2.05, 4.69) is 27.5 Å². The summed E-state index contributed by atoms with van der Waals surface area (Å²) in [6.07, 6.45) is 2.68. The Balaban J connectivity index is 2.02. The minimum absolute atomic E-state index is 0.0885. The number of hydrogen-bond acceptors (Lipinski definition) is 2. The van der Waals surface area contributed by atoms with Crippen LogP contribution in [0.25, 0.3) is 0 Å². The van der Waals surface area contributed by atoms with E-state index in [4.69, 9.17) is 4.74 Å². The second-order valence-electron chi connectivity index (χ2n) is 4.20. The van der Waals surface area contributed by atoms with Crippen molar-refractivity contribution < 1.29 is 30.7 Å². The average molecular weight is 405 g/mol. The van der Waals surface area contributed by atoms with Gasteiger partial charge in [-0.1, -0.05) is 0 Å². The molecule has 4 heteroatoms. The molecule has 0 aromatic carbocycles. The third-order valence-corrected chi connectivity index (χ3v) is 8.54. The fourth-order valence-electron chi connectivity index (χ4n) is 3.16. The van der Waals surface area contributed by atoms with Crippen LogP contribution in [0.1, 0.15) is 12.8 Å². The number of alkyl halides is 3. The van der Waals surface area contributed by atoms with Crippen LogP contribution >= 0.6 is 22.6 Å². The number of fused-ring (bicyclic) bond motifs is 1. The zero-order valence-electron chi connectivity index (χ0n) is 7.30. The summed E-state index contributed by atoms with van der Waals surface area (Å²) in [6, 6.07) is 0. The van der Waals surface area contributed by atoms with Crippen molar-refractivity contribution in [3.63, 3.8) is 0 Å². The summed E-state index contributed by atoms with van der Waals surface area (Å²) in [5.74, 6) is 1.47. The van der Waals surface area contributed by atoms with Crippen molar-refractivity contribution in [2.24, 2.45) is 11.8 Å². The number of halogens is 2. The molecule has 74 valence electrons. The summed E-state index contributed by atoms with van der Waals surface area (Å²) >= 11 is 2.60. The molecule has 0 N–H and O–H groups in total. The van der Waals surface area contributed by atoms with Crippen LogP contribution in [0.2, 0.25) is 0 Å². The van der Waals surface area contributed by atoms with E-state index in [1.165, 1.54) is 6.42 Å². The maximum absolute atomic E-state index is 11.7. The van der Waals surface area contributed by atoms with Crippen molar-refractivity contribution in [3.05, 3.63) is 0 Å². The number of hydrogen-bond donors (Lipinski definition) is 0. The Morgan fingerprint density at radius 2 is 2.46 bits per heavy atom. The molecule has 0 spiro atoms. The van der Waals surface area contributed by atoms with Gasteiger partial charge in [0.25, 0.3) is 0 Å². The van der Waals surface area contributed by atoms with Gasteiger partial charge in [-0.25, -0.2) is 0 Å². The third kappa shape index (κ3) is 0.969. The quantitative estimate of drug-likeness (QED) is 0.293. The van der Waals surface area contributed by atoms with Crippen LogP contribution in [0.5, 0.6) is 0 Å². The molecule has 2 saturated carbocycles. The molecule has 2 aliphatic carbocycles. The molecule has 3 rings (SSSR count). The van der Waals surface area contributed by atoms with E-state index in [0.717, 1.165) is 16.3 Å². The molecule has 13 heavy (non-hydrogen) atoms. The van der Waals surface area contributed by atoms with Gasteiger partial charge >= 0.3 is 102 Å². The number of rotatable bonds is 1. The monoisotopic (exact) mass is 405 g/mol. The van der Waals surface area contributed by atoms with Gasteiger partial charge in [0.15, 0.2) is 0 Å². The first-order chi connectivity index (χ1) is 6.16. The summed E-state index contributed by atoms with van der Waals surface area (Å²) in [6.45, 7) is 0. The fourth-order valence-corrected chi connectivity index (χ4v) is 7.39. The molecule has 0 aromatic heterocycles. The Kier molecular flexibility index (Phi) is 1.93. The molecule has 1 aliphatic heterocycles. The standard InChI is InChI=1S/C9H11I2O2/c1-11-6-4-2-5-7(6)13-8(12)9(5,10)3-4/h4-7H,2-3H2,1H3/q-1. The SMILES string of the molecule is C[I-]C1C2CC3C1OC(=O)C3(I)C2. The number of carbonyl (C=O) groups is 1. The molecule has 0 aromatic rings. The first-order valence-electron chi connectivity index (χ1n) is 4.55. The van der Waals surface area contributed by atoms with Crippen molar-refractivity contribution in [3.8, 4) is 0 Å². The normalized spacial score (nSPS) is 57.5. The van der Waals surface area contributed by atoms with Gasteiger partial charge in [0.2, 0.25) is 0 Å². The molecule has 5 unspecified atom stereocenters. The van der Waals surface area contributed by atoms with Crippen molar-refractivity contribution in [2.45, 2.75) is 26.3 Å². The van der Waals surface area contributed by atoms with E-state index in [1.54, 1.807) is 0 Å². The van der Waals surface area contributed by atoms with Crippen molar-refractivity contribution >= 4 is 28.6 Å². The molecule has 1 heterocycles. The van der Waals surface area contributed by atoms with Crippen LogP contribution in [-0.4, -0.2) is 24.4 Å². The van der Waals surface area contributed by atoms with Crippen molar-refractivity contribution in [1.82, 2.24) is 0 Å². The van der Waals surface area contributed by atoms with Crippen LogP contribution in [-0.2, 0) is 9.53 Å².